The molecule has 1 N–H and O–H groups in total. The van der Waals surface area contributed by atoms with E-state index in [4.69, 9.17) is 0 Å². The molecule has 5 fully saturated rings. The number of benzene rings is 1. The topological polar surface area (TPSA) is 85.7 Å². The molecule has 5 aliphatic rings. The van der Waals surface area contributed by atoms with E-state index in [1.54, 1.807) is 12.3 Å². The van der Waals surface area contributed by atoms with E-state index in [2.05, 4.69) is 50.1 Å². The molecule has 8 rings (SSSR count). The van der Waals surface area contributed by atoms with Gasteiger partial charge in [0.15, 0.2) is 11.5 Å². The number of pyridine rings is 1. The van der Waals surface area contributed by atoms with Gasteiger partial charge in [0.2, 0.25) is 0 Å². The quantitative estimate of drug-likeness (QED) is 0.423. The molecule has 8 heteroatoms. The highest BCUT2D eigenvalue weighted by molar-refractivity contribution is 5.92. The minimum Gasteiger partial charge on any atom is -0.506 e. The molecule has 8 nitrogen and oxygen atoms in total. The van der Waals surface area contributed by atoms with Crippen molar-refractivity contribution in [1.82, 2.24) is 25.0 Å². The van der Waals surface area contributed by atoms with Crippen LogP contribution in [0.5, 0.6) is 5.75 Å². The van der Waals surface area contributed by atoms with E-state index in [-0.39, 0.29) is 11.7 Å². The van der Waals surface area contributed by atoms with E-state index in [9.17, 15) is 9.90 Å². The monoisotopic (exact) mass is 566 g/mol. The van der Waals surface area contributed by atoms with Gasteiger partial charge in [-0.2, -0.15) is 0 Å². The van der Waals surface area contributed by atoms with Crippen LogP contribution in [0.15, 0.2) is 48.8 Å². The number of carbonyl (C=O) groups is 1. The van der Waals surface area contributed by atoms with Crippen LogP contribution >= 0.6 is 0 Å². The zero-order valence-electron chi connectivity index (χ0n) is 24.9. The Morgan fingerprint density at radius 2 is 1.67 bits per heavy atom. The molecule has 0 atom stereocenters. The molecule has 0 radical (unpaired) electrons. The van der Waals surface area contributed by atoms with Crippen LogP contribution in [0.25, 0.3) is 11.1 Å². The van der Waals surface area contributed by atoms with Crippen LogP contribution in [0.1, 0.15) is 60.1 Å². The second-order valence-electron chi connectivity index (χ2n) is 13.7. The van der Waals surface area contributed by atoms with Crippen molar-refractivity contribution in [2.24, 2.45) is 23.2 Å². The third-order valence-electron chi connectivity index (χ3n) is 10.4. The molecular formula is C34H42N6O2. The average Bonchev–Trinajstić information content (AvgIpc) is 2.96. The summed E-state index contributed by atoms with van der Waals surface area (Å²) in [7, 11) is 1.95. The Morgan fingerprint density at radius 1 is 0.952 bits per heavy atom. The number of piperazine rings is 1. The lowest BCUT2D eigenvalue weighted by Gasteiger charge is -2.57. The number of amides is 1. The molecule has 3 aromatic rings. The van der Waals surface area contributed by atoms with Crippen molar-refractivity contribution in [2.75, 3.05) is 44.7 Å². The smallest absolute Gasteiger partial charge is 0.274 e. The van der Waals surface area contributed by atoms with E-state index in [0.717, 1.165) is 74.0 Å². The maximum absolute atomic E-state index is 13.3. The third kappa shape index (κ3) is 5.49. The van der Waals surface area contributed by atoms with Gasteiger partial charge in [-0.05, 0) is 104 Å². The number of aromatic nitrogens is 3. The number of aromatic hydroxyl groups is 1. The second-order valence-corrected chi connectivity index (χ2v) is 13.7. The fraction of sp³-hybridized carbons (Fsp3) is 0.529. The van der Waals surface area contributed by atoms with E-state index < -0.39 is 0 Å². The second kappa shape index (κ2) is 11.0. The first-order chi connectivity index (χ1) is 20.3. The Balaban J connectivity index is 0.921. The highest BCUT2D eigenvalue weighted by Crippen LogP contribution is 2.60. The Kier molecular flexibility index (Phi) is 7.13. The molecule has 4 saturated carbocycles. The highest BCUT2D eigenvalue weighted by atomic mass is 16.3. The van der Waals surface area contributed by atoms with Crippen LogP contribution in [-0.4, -0.2) is 75.8 Å². The molecule has 3 heterocycles. The number of hydrogen-bond acceptors (Lipinski definition) is 7. The molecular weight excluding hydrogens is 524 g/mol. The molecule has 1 aliphatic heterocycles. The molecule has 2 aromatic heterocycles. The number of nitrogens with zero attached hydrogens (tertiary/aromatic N) is 6. The van der Waals surface area contributed by atoms with Crippen molar-refractivity contribution >= 4 is 11.7 Å². The number of aryl methyl sites for hydroxylation is 1. The summed E-state index contributed by atoms with van der Waals surface area (Å²) in [4.78, 5) is 24.1. The van der Waals surface area contributed by atoms with Gasteiger partial charge in [0.25, 0.3) is 5.91 Å². The molecule has 1 saturated heterocycles. The molecule has 220 valence electrons. The van der Waals surface area contributed by atoms with Crippen LogP contribution in [0.2, 0.25) is 0 Å². The summed E-state index contributed by atoms with van der Waals surface area (Å²) in [6, 6.07) is 12.1. The lowest BCUT2D eigenvalue weighted by atomic mass is 9.49. The first-order valence-electron chi connectivity index (χ1n) is 15.6. The molecule has 4 bridgehead atoms. The molecule has 4 aliphatic carbocycles. The van der Waals surface area contributed by atoms with Gasteiger partial charge >= 0.3 is 0 Å². The Morgan fingerprint density at radius 3 is 2.29 bits per heavy atom. The lowest BCUT2D eigenvalue weighted by Crippen LogP contribution is -2.51. The van der Waals surface area contributed by atoms with Gasteiger partial charge < -0.3 is 14.9 Å². The predicted octanol–water partition coefficient (Wildman–Crippen LogP) is 5.16. The summed E-state index contributed by atoms with van der Waals surface area (Å²) in [6.45, 7) is 7.48. The van der Waals surface area contributed by atoms with Crippen molar-refractivity contribution in [3.05, 3.63) is 65.6 Å². The minimum absolute atomic E-state index is 0.00347. The molecule has 0 spiro atoms. The summed E-state index contributed by atoms with van der Waals surface area (Å²) in [6.07, 6.45) is 11.4. The fourth-order valence-electron chi connectivity index (χ4n) is 8.98. The molecule has 0 unspecified atom stereocenters. The van der Waals surface area contributed by atoms with Crippen LogP contribution in [0, 0.1) is 30.1 Å². The first-order valence-corrected chi connectivity index (χ1v) is 15.6. The van der Waals surface area contributed by atoms with Crippen molar-refractivity contribution in [1.29, 1.82) is 0 Å². The van der Waals surface area contributed by atoms with Gasteiger partial charge in [-0.25, -0.2) is 0 Å². The summed E-state index contributed by atoms with van der Waals surface area (Å²) in [5.41, 5.74) is 5.24. The average molecular weight is 567 g/mol. The van der Waals surface area contributed by atoms with E-state index in [1.807, 2.05) is 24.1 Å². The van der Waals surface area contributed by atoms with E-state index >= 15 is 0 Å². The van der Waals surface area contributed by atoms with Gasteiger partial charge in [-0.15, -0.1) is 10.2 Å². The number of anilines is 1. The highest BCUT2D eigenvalue weighted by Gasteiger charge is 2.51. The summed E-state index contributed by atoms with van der Waals surface area (Å²) in [5.74, 6) is 3.68. The van der Waals surface area contributed by atoms with Crippen molar-refractivity contribution < 1.29 is 9.90 Å². The summed E-state index contributed by atoms with van der Waals surface area (Å²) in [5, 5.41) is 18.7. The normalized spacial score (nSPS) is 26.9. The van der Waals surface area contributed by atoms with Crippen LogP contribution in [0.3, 0.4) is 0 Å². The minimum atomic E-state index is -0.00347. The SMILES string of the molecule is Cc1cc(CN2CCN(c3ccc(C(=O)N(C)CC45CC6CC(CC(C6)C4)C5)nn3)CC2)ccc1-c1cncc(O)c1. The Labute approximate surface area is 248 Å². The summed E-state index contributed by atoms with van der Waals surface area (Å²) < 4.78 is 0. The zero-order valence-corrected chi connectivity index (χ0v) is 24.9. The number of carbonyl (C=O) groups excluding carboxylic acids is 1. The lowest BCUT2D eigenvalue weighted by molar-refractivity contribution is -0.0629. The van der Waals surface area contributed by atoms with E-state index in [1.165, 1.54) is 55.8 Å². The van der Waals surface area contributed by atoms with E-state index in [0.29, 0.717) is 11.1 Å². The predicted molar refractivity (Wildman–Crippen MR) is 163 cm³/mol. The Hall–Kier alpha value is -3.52. The number of rotatable bonds is 7. The molecule has 42 heavy (non-hydrogen) atoms. The van der Waals surface area contributed by atoms with Crippen LogP contribution < -0.4 is 4.90 Å². The van der Waals surface area contributed by atoms with Gasteiger partial charge in [0.05, 0.1) is 6.20 Å². The van der Waals surface area contributed by atoms with Crippen molar-refractivity contribution in [3.63, 3.8) is 0 Å². The summed E-state index contributed by atoms with van der Waals surface area (Å²) >= 11 is 0. The molecule has 1 aromatic carbocycles. The zero-order chi connectivity index (χ0) is 28.8. The standard InChI is InChI=1S/C34H42N6O2/c1-23-11-24(3-4-30(23)28-15-29(41)20-35-19-28)21-39-7-9-40(10-8-39)32-6-5-31(36-37-32)33(42)38(2)22-34-16-25-12-26(17-34)14-27(13-25)18-34/h3-6,11,15,19-20,25-27,41H,7-10,12-14,16-18,21-22H2,1-2H3. The van der Waals surface area contributed by atoms with Crippen LogP contribution in [-0.2, 0) is 6.54 Å². The Bertz CT molecular complexity index is 1410. The van der Waals surface area contributed by atoms with Crippen molar-refractivity contribution in [2.45, 2.75) is 52.0 Å². The number of hydrogen-bond donors (Lipinski definition) is 1. The maximum atomic E-state index is 13.3. The van der Waals surface area contributed by atoms with Gasteiger partial charge in [0.1, 0.15) is 5.75 Å². The maximum Gasteiger partial charge on any atom is 0.274 e. The largest absolute Gasteiger partial charge is 0.506 e. The third-order valence-corrected chi connectivity index (χ3v) is 10.4. The van der Waals surface area contributed by atoms with Gasteiger partial charge in [-0.3, -0.25) is 14.7 Å². The fourth-order valence-corrected chi connectivity index (χ4v) is 8.98. The van der Waals surface area contributed by atoms with Gasteiger partial charge in [0, 0.05) is 58.1 Å². The first kappa shape index (κ1) is 27.3. The van der Waals surface area contributed by atoms with Crippen molar-refractivity contribution in [3.8, 4) is 16.9 Å². The van der Waals surface area contributed by atoms with Gasteiger partial charge in [-0.1, -0.05) is 18.2 Å². The molecule has 1 amide bonds. The van der Waals surface area contributed by atoms with Crippen LogP contribution in [0.4, 0.5) is 5.82 Å².